The molecule has 2 aliphatic rings. The summed E-state index contributed by atoms with van der Waals surface area (Å²) >= 11 is 0. The summed E-state index contributed by atoms with van der Waals surface area (Å²) in [7, 11) is 0. The Morgan fingerprint density at radius 1 is 1.15 bits per heavy atom. The molecule has 0 aromatic carbocycles. The Morgan fingerprint density at radius 3 is 2.50 bits per heavy atom. The highest BCUT2D eigenvalue weighted by Gasteiger charge is 2.32. The molecule has 2 fully saturated rings. The first-order chi connectivity index (χ1) is 9.77. The van der Waals surface area contributed by atoms with Crippen molar-refractivity contribution in [2.24, 2.45) is 5.92 Å². The number of nitrogens with zero attached hydrogens (tertiary/aromatic N) is 5. The van der Waals surface area contributed by atoms with Crippen LogP contribution in [0.3, 0.4) is 0 Å². The maximum absolute atomic E-state index is 5.48. The van der Waals surface area contributed by atoms with Gasteiger partial charge in [-0.3, -0.25) is 4.90 Å². The lowest BCUT2D eigenvalue weighted by molar-refractivity contribution is 0.00186. The maximum atomic E-state index is 5.48. The van der Waals surface area contributed by atoms with Crippen LogP contribution in [0.15, 0.2) is 0 Å². The van der Waals surface area contributed by atoms with E-state index in [9.17, 15) is 0 Å². The van der Waals surface area contributed by atoms with Crippen LogP contribution in [0.5, 0.6) is 0 Å². The summed E-state index contributed by atoms with van der Waals surface area (Å²) in [6.45, 7) is 8.09. The smallest absolute Gasteiger partial charge is 0.168 e. The molecule has 0 spiro atoms. The van der Waals surface area contributed by atoms with E-state index < -0.39 is 0 Å². The van der Waals surface area contributed by atoms with Crippen molar-refractivity contribution in [3.8, 4) is 0 Å². The van der Waals surface area contributed by atoms with Crippen LogP contribution in [0.25, 0.3) is 0 Å². The van der Waals surface area contributed by atoms with E-state index in [0.717, 1.165) is 32.1 Å². The van der Waals surface area contributed by atoms with E-state index in [1.54, 1.807) is 0 Å². The predicted molar refractivity (Wildman–Crippen MR) is 75.3 cm³/mol. The van der Waals surface area contributed by atoms with Gasteiger partial charge in [-0.2, -0.15) is 0 Å². The van der Waals surface area contributed by atoms with Crippen molar-refractivity contribution in [1.29, 1.82) is 0 Å². The topological polar surface area (TPSA) is 56.1 Å². The number of morpholine rings is 1. The molecule has 3 rings (SSSR count). The van der Waals surface area contributed by atoms with Crippen LogP contribution < -0.4 is 0 Å². The third-order valence-electron chi connectivity index (χ3n) is 4.52. The predicted octanol–water partition coefficient (Wildman–Crippen LogP) is 1.82. The zero-order valence-corrected chi connectivity index (χ0v) is 12.5. The van der Waals surface area contributed by atoms with Crippen LogP contribution in [0.1, 0.15) is 57.4 Å². The molecule has 20 heavy (non-hydrogen) atoms. The minimum atomic E-state index is 0.300. The molecule has 0 unspecified atom stereocenters. The fourth-order valence-electron chi connectivity index (χ4n) is 3.54. The van der Waals surface area contributed by atoms with Gasteiger partial charge in [-0.25, -0.2) is 4.68 Å². The fraction of sp³-hybridized carbons (Fsp3) is 0.929. The second-order valence-corrected chi connectivity index (χ2v) is 6.26. The fourth-order valence-corrected chi connectivity index (χ4v) is 3.54. The van der Waals surface area contributed by atoms with E-state index in [-0.39, 0.29) is 0 Å². The molecule has 1 saturated carbocycles. The van der Waals surface area contributed by atoms with Gasteiger partial charge in [-0.15, -0.1) is 5.10 Å². The summed E-state index contributed by atoms with van der Waals surface area (Å²) < 4.78 is 7.58. The van der Waals surface area contributed by atoms with Gasteiger partial charge < -0.3 is 4.74 Å². The van der Waals surface area contributed by atoms with Crippen LogP contribution >= 0.6 is 0 Å². The van der Waals surface area contributed by atoms with Crippen molar-refractivity contribution in [3.05, 3.63) is 5.82 Å². The standard InChI is InChI=1S/C14H25N5O/c1-11(2)13(18-7-9-20-10-8-18)14-15-16-17-19(14)12-5-3-4-6-12/h11-13H,3-10H2,1-2H3/t13-/m1/s1. The molecule has 0 bridgehead atoms. The highest BCUT2D eigenvalue weighted by molar-refractivity contribution is 4.98. The van der Waals surface area contributed by atoms with Crippen LogP contribution in [-0.4, -0.2) is 51.4 Å². The minimum absolute atomic E-state index is 0.300. The quantitative estimate of drug-likeness (QED) is 0.841. The number of rotatable bonds is 4. The first-order valence-electron chi connectivity index (χ1n) is 7.87. The summed E-state index contributed by atoms with van der Waals surface area (Å²) in [6.07, 6.45) is 5.03. The van der Waals surface area contributed by atoms with Crippen LogP contribution in [-0.2, 0) is 4.74 Å². The number of ether oxygens (including phenoxy) is 1. The zero-order chi connectivity index (χ0) is 13.9. The molecule has 0 amide bonds. The number of aromatic nitrogens is 4. The maximum Gasteiger partial charge on any atom is 0.168 e. The van der Waals surface area contributed by atoms with E-state index in [0.29, 0.717) is 18.0 Å². The van der Waals surface area contributed by atoms with E-state index in [2.05, 4.69) is 39.0 Å². The summed E-state index contributed by atoms with van der Waals surface area (Å²) in [6, 6.07) is 0.803. The Morgan fingerprint density at radius 2 is 1.85 bits per heavy atom. The second kappa shape index (κ2) is 6.18. The first-order valence-corrected chi connectivity index (χ1v) is 7.87. The molecule has 1 aliphatic heterocycles. The van der Waals surface area contributed by atoms with Gasteiger partial charge in [0.2, 0.25) is 0 Å². The van der Waals surface area contributed by atoms with E-state index in [1.807, 2.05) is 0 Å². The van der Waals surface area contributed by atoms with E-state index in [4.69, 9.17) is 4.74 Å². The molecule has 1 aliphatic carbocycles. The summed E-state index contributed by atoms with van der Waals surface area (Å²) in [5.74, 6) is 1.55. The molecule has 112 valence electrons. The van der Waals surface area contributed by atoms with Gasteiger partial charge in [0.05, 0.1) is 25.3 Å². The van der Waals surface area contributed by atoms with Crippen molar-refractivity contribution in [2.45, 2.75) is 51.6 Å². The van der Waals surface area contributed by atoms with Crippen LogP contribution in [0.4, 0.5) is 0 Å². The Bertz CT molecular complexity index is 421. The van der Waals surface area contributed by atoms with Gasteiger partial charge in [0, 0.05) is 13.1 Å². The second-order valence-electron chi connectivity index (χ2n) is 6.26. The van der Waals surface area contributed by atoms with E-state index in [1.165, 1.54) is 25.7 Å². The molecule has 1 atom stereocenters. The Balaban J connectivity index is 1.85. The third kappa shape index (κ3) is 2.72. The summed E-state index contributed by atoms with van der Waals surface area (Å²) in [4.78, 5) is 2.48. The van der Waals surface area contributed by atoms with Crippen LogP contribution in [0.2, 0.25) is 0 Å². The zero-order valence-electron chi connectivity index (χ0n) is 12.5. The van der Waals surface area contributed by atoms with Crippen molar-refractivity contribution in [2.75, 3.05) is 26.3 Å². The molecular weight excluding hydrogens is 254 g/mol. The van der Waals surface area contributed by atoms with Gasteiger partial charge in [0.1, 0.15) is 0 Å². The van der Waals surface area contributed by atoms with Crippen molar-refractivity contribution in [1.82, 2.24) is 25.1 Å². The number of tetrazole rings is 1. The number of hydrogen-bond donors (Lipinski definition) is 0. The first kappa shape index (κ1) is 13.9. The van der Waals surface area contributed by atoms with Crippen molar-refractivity contribution >= 4 is 0 Å². The molecule has 0 radical (unpaired) electrons. The molecule has 1 saturated heterocycles. The lowest BCUT2D eigenvalue weighted by Crippen LogP contribution is -2.42. The van der Waals surface area contributed by atoms with E-state index >= 15 is 0 Å². The van der Waals surface area contributed by atoms with Gasteiger partial charge in [-0.1, -0.05) is 26.7 Å². The van der Waals surface area contributed by atoms with Gasteiger partial charge >= 0.3 is 0 Å². The minimum Gasteiger partial charge on any atom is -0.379 e. The Kier molecular flexibility index (Phi) is 4.31. The number of hydrogen-bond acceptors (Lipinski definition) is 5. The molecule has 6 heteroatoms. The van der Waals surface area contributed by atoms with Crippen molar-refractivity contribution in [3.63, 3.8) is 0 Å². The monoisotopic (exact) mass is 279 g/mol. The Labute approximate surface area is 120 Å². The average molecular weight is 279 g/mol. The van der Waals surface area contributed by atoms with Gasteiger partial charge in [0.15, 0.2) is 5.82 Å². The molecule has 1 aromatic heterocycles. The highest BCUT2D eigenvalue weighted by Crippen LogP contribution is 2.34. The molecule has 6 nitrogen and oxygen atoms in total. The normalized spacial score (nSPS) is 23.6. The van der Waals surface area contributed by atoms with Gasteiger partial charge in [-0.05, 0) is 29.2 Å². The lowest BCUT2D eigenvalue weighted by atomic mass is 10.0. The summed E-state index contributed by atoms with van der Waals surface area (Å²) in [5, 5.41) is 12.6. The Hall–Kier alpha value is -1.01. The van der Waals surface area contributed by atoms with Crippen molar-refractivity contribution < 1.29 is 4.74 Å². The largest absolute Gasteiger partial charge is 0.379 e. The third-order valence-corrected chi connectivity index (χ3v) is 4.52. The van der Waals surface area contributed by atoms with Gasteiger partial charge in [0.25, 0.3) is 0 Å². The molecular formula is C14H25N5O. The highest BCUT2D eigenvalue weighted by atomic mass is 16.5. The average Bonchev–Trinajstić information content (AvgIpc) is 3.09. The van der Waals surface area contributed by atoms with Crippen LogP contribution in [0, 0.1) is 5.92 Å². The summed E-state index contributed by atoms with van der Waals surface area (Å²) in [5.41, 5.74) is 0. The molecule has 0 N–H and O–H groups in total. The SMILES string of the molecule is CC(C)[C@H](c1nnnn1C1CCCC1)N1CCOCC1. The molecule has 1 aromatic rings. The lowest BCUT2D eigenvalue weighted by Gasteiger charge is -2.36. The molecule has 2 heterocycles.